The van der Waals surface area contributed by atoms with Crippen LogP contribution in [0.25, 0.3) is 11.1 Å². The number of carbonyl (C=O) groups is 1. The lowest BCUT2D eigenvalue weighted by atomic mass is 10.0. The largest absolute Gasteiger partial charge is 0.373 e. The first-order chi connectivity index (χ1) is 10.3. The Morgan fingerprint density at radius 2 is 1.71 bits per heavy atom. The van der Waals surface area contributed by atoms with Crippen LogP contribution in [0.2, 0.25) is 0 Å². The highest BCUT2D eigenvalue weighted by molar-refractivity contribution is 5.90. The number of rotatable bonds is 7. The Morgan fingerprint density at radius 3 is 2.48 bits per heavy atom. The highest BCUT2D eigenvalue weighted by Gasteiger charge is 2.09. The van der Waals surface area contributed by atoms with Crippen molar-refractivity contribution in [2.45, 2.75) is 26.2 Å². The summed E-state index contributed by atoms with van der Waals surface area (Å²) >= 11 is 0. The first kappa shape index (κ1) is 15.3. The molecule has 0 fully saturated rings. The summed E-state index contributed by atoms with van der Waals surface area (Å²) in [6, 6.07) is 17.3. The molecule has 0 saturated carbocycles. The molecule has 0 atom stereocenters. The Labute approximate surface area is 125 Å². The molecule has 2 aromatic carbocycles. The maximum absolute atomic E-state index is 11.9. The van der Waals surface area contributed by atoms with Crippen LogP contribution in [0.3, 0.4) is 0 Å². The van der Waals surface area contributed by atoms with Crippen LogP contribution >= 0.6 is 0 Å². The van der Waals surface area contributed by atoms with E-state index in [1.54, 1.807) is 6.07 Å². The molecule has 0 aliphatic heterocycles. The van der Waals surface area contributed by atoms with E-state index in [9.17, 15) is 4.79 Å². The number of carbonyl (C=O) groups excluding carboxylic acids is 1. The molecule has 0 unspecified atom stereocenters. The van der Waals surface area contributed by atoms with E-state index in [2.05, 4.69) is 6.92 Å². The van der Waals surface area contributed by atoms with Crippen molar-refractivity contribution in [3.8, 4) is 11.1 Å². The Hall–Kier alpha value is -2.13. The van der Waals surface area contributed by atoms with Gasteiger partial charge in [0.25, 0.3) is 0 Å². The monoisotopic (exact) mass is 284 g/mol. The normalized spacial score (nSPS) is 10.3. The van der Waals surface area contributed by atoms with Gasteiger partial charge in [0.1, 0.15) is 0 Å². The van der Waals surface area contributed by atoms with Crippen LogP contribution in [-0.2, 0) is 9.78 Å². The van der Waals surface area contributed by atoms with Crippen molar-refractivity contribution in [1.82, 2.24) is 0 Å². The van der Waals surface area contributed by atoms with Crippen LogP contribution in [0.5, 0.6) is 0 Å². The van der Waals surface area contributed by atoms with Crippen molar-refractivity contribution in [2.24, 2.45) is 0 Å². The van der Waals surface area contributed by atoms with Gasteiger partial charge in [-0.2, -0.15) is 4.89 Å². The van der Waals surface area contributed by atoms with E-state index in [1.807, 2.05) is 48.5 Å². The quantitative estimate of drug-likeness (QED) is 0.422. The summed E-state index contributed by atoms with van der Waals surface area (Å²) in [5, 5.41) is 0. The molecule has 21 heavy (non-hydrogen) atoms. The molecule has 0 radical (unpaired) electrons. The van der Waals surface area contributed by atoms with Crippen molar-refractivity contribution in [1.29, 1.82) is 0 Å². The molecule has 3 nitrogen and oxygen atoms in total. The Balaban J connectivity index is 1.96. The Morgan fingerprint density at radius 1 is 0.952 bits per heavy atom. The number of hydrogen-bond donors (Lipinski definition) is 0. The van der Waals surface area contributed by atoms with Gasteiger partial charge in [-0.05, 0) is 29.7 Å². The van der Waals surface area contributed by atoms with E-state index in [0.717, 1.165) is 30.4 Å². The second-order valence-corrected chi connectivity index (χ2v) is 4.85. The van der Waals surface area contributed by atoms with E-state index in [0.29, 0.717) is 12.2 Å². The van der Waals surface area contributed by atoms with Gasteiger partial charge in [0, 0.05) is 0 Å². The van der Waals surface area contributed by atoms with Crippen LogP contribution in [-0.4, -0.2) is 12.6 Å². The molecule has 0 aliphatic carbocycles. The van der Waals surface area contributed by atoms with Crippen molar-refractivity contribution >= 4 is 5.97 Å². The zero-order chi connectivity index (χ0) is 14.9. The van der Waals surface area contributed by atoms with E-state index < -0.39 is 5.97 Å². The molecule has 2 aromatic rings. The molecule has 0 saturated heterocycles. The van der Waals surface area contributed by atoms with Crippen molar-refractivity contribution in [2.75, 3.05) is 6.61 Å². The minimum absolute atomic E-state index is 0.442. The van der Waals surface area contributed by atoms with Gasteiger partial charge in [-0.15, -0.1) is 0 Å². The van der Waals surface area contributed by atoms with Gasteiger partial charge >= 0.3 is 5.97 Å². The Bertz CT molecular complexity index is 564. The highest BCUT2D eigenvalue weighted by Crippen LogP contribution is 2.20. The summed E-state index contributed by atoms with van der Waals surface area (Å²) in [5.74, 6) is -0.454. The molecule has 110 valence electrons. The molecule has 2 rings (SSSR count). The lowest BCUT2D eigenvalue weighted by Crippen LogP contribution is -2.07. The number of hydrogen-bond acceptors (Lipinski definition) is 3. The molecule has 0 heterocycles. The summed E-state index contributed by atoms with van der Waals surface area (Å²) < 4.78 is 0. The molecule has 0 amide bonds. The fourth-order valence-electron chi connectivity index (χ4n) is 2.01. The molecular formula is C18H20O3. The third-order valence-electron chi connectivity index (χ3n) is 3.17. The van der Waals surface area contributed by atoms with Gasteiger partial charge in [0.15, 0.2) is 0 Å². The maximum Gasteiger partial charge on any atom is 0.373 e. The van der Waals surface area contributed by atoms with E-state index in [-0.39, 0.29) is 0 Å². The SMILES string of the molecule is CCCCCOOC(=O)c1cccc(-c2ccccc2)c1. The molecular weight excluding hydrogens is 264 g/mol. The van der Waals surface area contributed by atoms with E-state index in [1.165, 1.54) is 0 Å². The van der Waals surface area contributed by atoms with Gasteiger partial charge < -0.3 is 0 Å². The number of unbranched alkanes of at least 4 members (excludes halogenated alkanes) is 2. The van der Waals surface area contributed by atoms with Crippen molar-refractivity contribution in [3.63, 3.8) is 0 Å². The minimum Gasteiger partial charge on any atom is -0.293 e. The fourth-order valence-corrected chi connectivity index (χ4v) is 2.01. The standard InChI is InChI=1S/C18H20O3/c1-2-3-7-13-20-21-18(19)17-12-8-11-16(14-17)15-9-5-4-6-10-15/h4-6,8-12,14H,2-3,7,13H2,1H3. The second-order valence-electron chi connectivity index (χ2n) is 4.85. The van der Waals surface area contributed by atoms with E-state index in [4.69, 9.17) is 9.78 Å². The van der Waals surface area contributed by atoms with Crippen LogP contribution in [0, 0.1) is 0 Å². The third-order valence-corrected chi connectivity index (χ3v) is 3.17. The molecule has 0 spiro atoms. The predicted molar refractivity (Wildman–Crippen MR) is 82.8 cm³/mol. The summed E-state index contributed by atoms with van der Waals surface area (Å²) in [4.78, 5) is 21.7. The molecule has 0 N–H and O–H groups in total. The van der Waals surface area contributed by atoms with Crippen LogP contribution in [0.15, 0.2) is 54.6 Å². The van der Waals surface area contributed by atoms with Gasteiger partial charge in [-0.1, -0.05) is 62.2 Å². The van der Waals surface area contributed by atoms with Crippen LogP contribution < -0.4 is 0 Å². The average molecular weight is 284 g/mol. The highest BCUT2D eigenvalue weighted by atomic mass is 17.2. The molecule has 0 aliphatic rings. The smallest absolute Gasteiger partial charge is 0.293 e. The van der Waals surface area contributed by atoms with E-state index >= 15 is 0 Å². The zero-order valence-corrected chi connectivity index (χ0v) is 12.2. The summed E-state index contributed by atoms with van der Waals surface area (Å²) in [7, 11) is 0. The van der Waals surface area contributed by atoms with Gasteiger partial charge in [-0.3, -0.25) is 4.89 Å². The van der Waals surface area contributed by atoms with Gasteiger partial charge in [0.2, 0.25) is 0 Å². The van der Waals surface area contributed by atoms with Crippen molar-refractivity contribution < 1.29 is 14.6 Å². The van der Waals surface area contributed by atoms with Crippen LogP contribution in [0.1, 0.15) is 36.5 Å². The zero-order valence-electron chi connectivity index (χ0n) is 12.2. The van der Waals surface area contributed by atoms with Crippen molar-refractivity contribution in [3.05, 3.63) is 60.2 Å². The fraction of sp³-hybridized carbons (Fsp3) is 0.278. The summed E-state index contributed by atoms with van der Waals surface area (Å²) in [5.41, 5.74) is 2.54. The summed E-state index contributed by atoms with van der Waals surface area (Å²) in [6.45, 7) is 2.55. The lowest BCUT2D eigenvalue weighted by molar-refractivity contribution is -0.241. The lowest BCUT2D eigenvalue weighted by Gasteiger charge is -2.06. The van der Waals surface area contributed by atoms with Gasteiger partial charge in [-0.25, -0.2) is 4.79 Å². The first-order valence-electron chi connectivity index (χ1n) is 7.30. The third kappa shape index (κ3) is 4.72. The summed E-state index contributed by atoms with van der Waals surface area (Å²) in [6.07, 6.45) is 3.07. The molecule has 0 bridgehead atoms. The average Bonchev–Trinajstić information content (AvgIpc) is 2.55. The second kappa shape index (κ2) is 8.22. The molecule has 0 aromatic heterocycles. The number of benzene rings is 2. The first-order valence-corrected chi connectivity index (χ1v) is 7.30. The van der Waals surface area contributed by atoms with Crippen LogP contribution in [0.4, 0.5) is 0 Å². The molecule has 3 heteroatoms. The predicted octanol–water partition coefficient (Wildman–Crippen LogP) is 4.63. The minimum atomic E-state index is -0.454. The maximum atomic E-state index is 11.9. The topological polar surface area (TPSA) is 35.5 Å². The van der Waals surface area contributed by atoms with Gasteiger partial charge in [0.05, 0.1) is 12.2 Å². The Kier molecular flexibility index (Phi) is 5.98.